The smallest absolute Gasteiger partial charge is 0.252 e. The lowest BCUT2D eigenvalue weighted by molar-refractivity contribution is -0.150. The fourth-order valence-corrected chi connectivity index (χ4v) is 2.98. The lowest BCUT2D eigenvalue weighted by Crippen LogP contribution is -2.55. The molecule has 0 spiro atoms. The first-order valence-corrected chi connectivity index (χ1v) is 7.86. The lowest BCUT2D eigenvalue weighted by Gasteiger charge is -2.35. The van der Waals surface area contributed by atoms with Gasteiger partial charge in [-0.1, -0.05) is 29.8 Å². The maximum Gasteiger partial charge on any atom is 0.252 e. The average Bonchev–Trinajstić information content (AvgIpc) is 2.80. The van der Waals surface area contributed by atoms with E-state index in [0.29, 0.717) is 32.4 Å². The first-order chi connectivity index (χ1) is 10.5. The summed E-state index contributed by atoms with van der Waals surface area (Å²) in [5.41, 5.74) is 1.03. The van der Waals surface area contributed by atoms with Gasteiger partial charge in [0.25, 0.3) is 5.91 Å². The zero-order valence-electron chi connectivity index (χ0n) is 12.8. The van der Waals surface area contributed by atoms with Gasteiger partial charge in [-0.15, -0.1) is 0 Å². The minimum Gasteiger partial charge on any atom is -0.380 e. The molecule has 2 N–H and O–H groups in total. The van der Waals surface area contributed by atoms with E-state index in [-0.39, 0.29) is 5.91 Å². The number of hydrogen-bond acceptors (Lipinski definition) is 3. The Morgan fingerprint density at radius 3 is 2.64 bits per heavy atom. The van der Waals surface area contributed by atoms with E-state index < -0.39 is 17.6 Å². The Labute approximate surface area is 130 Å². The average molecular weight is 302 g/mol. The van der Waals surface area contributed by atoms with Crippen LogP contribution in [-0.4, -0.2) is 40.0 Å². The number of carbonyl (C=O) groups excluding carboxylic acids is 2. The highest BCUT2D eigenvalue weighted by Gasteiger charge is 2.44. The molecule has 0 aromatic heterocycles. The van der Waals surface area contributed by atoms with E-state index in [0.717, 1.165) is 12.0 Å². The van der Waals surface area contributed by atoms with Crippen molar-refractivity contribution >= 4 is 11.8 Å². The third kappa shape index (κ3) is 2.86. The monoisotopic (exact) mass is 302 g/mol. The van der Waals surface area contributed by atoms with Gasteiger partial charge in [0.1, 0.15) is 11.6 Å². The number of benzene rings is 1. The third-order valence-corrected chi connectivity index (χ3v) is 4.70. The molecule has 2 fully saturated rings. The van der Waals surface area contributed by atoms with Crippen molar-refractivity contribution in [1.29, 1.82) is 0 Å². The van der Waals surface area contributed by atoms with Gasteiger partial charge in [0.15, 0.2) is 0 Å². The van der Waals surface area contributed by atoms with Gasteiger partial charge in [0, 0.05) is 13.1 Å². The van der Waals surface area contributed by atoms with Crippen LogP contribution in [0.1, 0.15) is 36.8 Å². The van der Waals surface area contributed by atoms with Crippen molar-refractivity contribution < 1.29 is 14.7 Å². The number of carbonyl (C=O) groups is 2. The molecular weight excluding hydrogens is 280 g/mol. The highest BCUT2D eigenvalue weighted by Crippen LogP contribution is 2.32. The summed E-state index contributed by atoms with van der Waals surface area (Å²) in [4.78, 5) is 26.2. The van der Waals surface area contributed by atoms with E-state index in [1.807, 2.05) is 31.2 Å². The fraction of sp³-hybridized carbons (Fsp3) is 0.529. The molecule has 1 heterocycles. The Kier molecular flexibility index (Phi) is 3.91. The van der Waals surface area contributed by atoms with Crippen LogP contribution < -0.4 is 5.32 Å². The molecule has 0 unspecified atom stereocenters. The van der Waals surface area contributed by atoms with Crippen LogP contribution in [0.4, 0.5) is 0 Å². The van der Waals surface area contributed by atoms with Gasteiger partial charge in [-0.05, 0) is 38.2 Å². The topological polar surface area (TPSA) is 69.6 Å². The van der Waals surface area contributed by atoms with Gasteiger partial charge in [-0.25, -0.2) is 0 Å². The van der Waals surface area contributed by atoms with Crippen LogP contribution in [-0.2, 0) is 16.1 Å². The van der Waals surface area contributed by atoms with Crippen LogP contribution in [0.3, 0.4) is 0 Å². The summed E-state index contributed by atoms with van der Waals surface area (Å²) >= 11 is 0. The van der Waals surface area contributed by atoms with Crippen molar-refractivity contribution in [3.05, 3.63) is 35.4 Å². The zero-order valence-corrected chi connectivity index (χ0v) is 12.8. The Hall–Kier alpha value is -1.88. The number of nitrogens with zero attached hydrogens (tertiary/aromatic N) is 1. The summed E-state index contributed by atoms with van der Waals surface area (Å²) in [5, 5.41) is 12.7. The molecule has 1 aliphatic heterocycles. The van der Waals surface area contributed by atoms with Crippen LogP contribution in [0, 0.1) is 6.92 Å². The van der Waals surface area contributed by atoms with Crippen LogP contribution in [0.15, 0.2) is 24.3 Å². The molecule has 118 valence electrons. The number of likely N-dealkylation sites (tertiary alicyclic amines) is 1. The van der Waals surface area contributed by atoms with Crippen molar-refractivity contribution in [1.82, 2.24) is 10.2 Å². The lowest BCUT2D eigenvalue weighted by atomic mass is 9.79. The van der Waals surface area contributed by atoms with E-state index in [4.69, 9.17) is 0 Å². The van der Waals surface area contributed by atoms with Gasteiger partial charge in [-0.3, -0.25) is 9.59 Å². The highest BCUT2D eigenvalue weighted by atomic mass is 16.3. The fourth-order valence-electron chi connectivity index (χ4n) is 2.98. The van der Waals surface area contributed by atoms with Gasteiger partial charge in [0.05, 0.1) is 0 Å². The maximum atomic E-state index is 12.4. The molecule has 22 heavy (non-hydrogen) atoms. The predicted molar refractivity (Wildman–Crippen MR) is 81.9 cm³/mol. The van der Waals surface area contributed by atoms with Crippen molar-refractivity contribution in [2.24, 2.45) is 0 Å². The molecule has 1 saturated heterocycles. The molecule has 1 aromatic carbocycles. The SMILES string of the molecule is Cc1ccc(CN2CC[C@@H](NC(=O)C3(O)CCC3)C2=O)cc1. The quantitative estimate of drug-likeness (QED) is 0.876. The minimum absolute atomic E-state index is 0.0585. The first-order valence-electron chi connectivity index (χ1n) is 7.86. The molecule has 1 aliphatic carbocycles. The van der Waals surface area contributed by atoms with Gasteiger partial charge in [0.2, 0.25) is 5.91 Å². The Morgan fingerprint density at radius 2 is 2.05 bits per heavy atom. The molecule has 3 rings (SSSR count). The second-order valence-electron chi connectivity index (χ2n) is 6.45. The summed E-state index contributed by atoms with van der Waals surface area (Å²) in [5.74, 6) is -0.453. The van der Waals surface area contributed by atoms with Crippen molar-refractivity contribution in [2.45, 2.75) is 50.8 Å². The predicted octanol–water partition coefficient (Wildman–Crippen LogP) is 1.13. The second-order valence-corrected chi connectivity index (χ2v) is 6.45. The van der Waals surface area contributed by atoms with E-state index in [1.165, 1.54) is 5.56 Å². The van der Waals surface area contributed by atoms with Crippen LogP contribution in [0.5, 0.6) is 0 Å². The summed E-state index contributed by atoms with van der Waals surface area (Å²) in [6, 6.07) is 7.60. The molecule has 1 atom stereocenters. The molecule has 1 aromatic rings. The van der Waals surface area contributed by atoms with Gasteiger partial charge < -0.3 is 15.3 Å². The van der Waals surface area contributed by atoms with Crippen molar-refractivity contribution in [2.75, 3.05) is 6.54 Å². The summed E-state index contributed by atoms with van der Waals surface area (Å²) < 4.78 is 0. The van der Waals surface area contributed by atoms with E-state index in [1.54, 1.807) is 4.90 Å². The Bertz CT molecular complexity index is 578. The van der Waals surface area contributed by atoms with Crippen molar-refractivity contribution in [3.8, 4) is 0 Å². The Morgan fingerprint density at radius 1 is 1.36 bits per heavy atom. The maximum absolute atomic E-state index is 12.4. The van der Waals surface area contributed by atoms with Crippen LogP contribution in [0.2, 0.25) is 0 Å². The minimum atomic E-state index is -1.25. The van der Waals surface area contributed by atoms with Crippen LogP contribution in [0.25, 0.3) is 0 Å². The molecule has 5 heteroatoms. The van der Waals surface area contributed by atoms with E-state index >= 15 is 0 Å². The summed E-state index contributed by atoms with van der Waals surface area (Å²) in [6.45, 7) is 3.23. The van der Waals surface area contributed by atoms with Gasteiger partial charge in [-0.2, -0.15) is 0 Å². The van der Waals surface area contributed by atoms with Gasteiger partial charge >= 0.3 is 0 Å². The van der Waals surface area contributed by atoms with Crippen molar-refractivity contribution in [3.63, 3.8) is 0 Å². The number of hydrogen-bond donors (Lipinski definition) is 2. The molecule has 0 bridgehead atoms. The molecule has 5 nitrogen and oxygen atoms in total. The Balaban J connectivity index is 1.57. The van der Waals surface area contributed by atoms with E-state index in [2.05, 4.69) is 5.32 Å². The molecule has 2 amide bonds. The summed E-state index contributed by atoms with van der Waals surface area (Å²) in [6.07, 6.45) is 2.45. The first kappa shape index (κ1) is 15.0. The number of rotatable bonds is 4. The van der Waals surface area contributed by atoms with Crippen LogP contribution >= 0.6 is 0 Å². The normalized spacial score (nSPS) is 23.3. The van der Waals surface area contributed by atoms with E-state index in [9.17, 15) is 14.7 Å². The number of nitrogens with one attached hydrogen (secondary N) is 1. The number of aryl methyl sites for hydroxylation is 1. The summed E-state index contributed by atoms with van der Waals surface area (Å²) in [7, 11) is 0. The third-order valence-electron chi connectivity index (χ3n) is 4.70. The number of amides is 2. The standard InChI is InChI=1S/C17H22N2O3/c1-12-3-5-13(6-4-12)11-19-10-7-14(15(19)20)18-16(21)17(22)8-2-9-17/h3-6,14,22H,2,7-11H2,1H3,(H,18,21)/t14-/m1/s1. The second kappa shape index (κ2) is 5.72. The molecule has 1 saturated carbocycles. The zero-order chi connectivity index (χ0) is 15.7. The molecule has 0 radical (unpaired) electrons. The largest absolute Gasteiger partial charge is 0.380 e. The number of aliphatic hydroxyl groups is 1. The molecular formula is C17H22N2O3. The highest BCUT2D eigenvalue weighted by molar-refractivity contribution is 5.92. The molecule has 2 aliphatic rings.